The van der Waals surface area contributed by atoms with Crippen molar-refractivity contribution in [1.82, 2.24) is 9.97 Å². The molecule has 0 saturated carbocycles. The van der Waals surface area contributed by atoms with E-state index in [1.54, 1.807) is 0 Å². The number of anilines is 5. The van der Waals surface area contributed by atoms with Crippen LogP contribution in [0, 0.1) is 15.9 Å². The molecule has 242 valence electrons. The number of nitro benzene ring substituents is 1. The van der Waals surface area contributed by atoms with Gasteiger partial charge in [-0.2, -0.15) is 23.1 Å². The molecule has 2 N–H and O–H groups in total. The Morgan fingerprint density at radius 2 is 1.40 bits per heavy atom. The number of nitro groups is 1. The van der Waals surface area contributed by atoms with Crippen LogP contribution in [0.25, 0.3) is 0 Å². The van der Waals surface area contributed by atoms with Gasteiger partial charge < -0.3 is 20.1 Å². The van der Waals surface area contributed by atoms with Crippen molar-refractivity contribution in [1.29, 1.82) is 0 Å². The van der Waals surface area contributed by atoms with Crippen LogP contribution >= 0.6 is 0 Å². The first-order valence-electron chi connectivity index (χ1n) is 12.8. The van der Waals surface area contributed by atoms with Crippen molar-refractivity contribution < 1.29 is 51.2 Å². The quantitative estimate of drug-likeness (QED) is 0.107. The molecule has 0 saturated heterocycles. The number of benzene rings is 2. The lowest BCUT2D eigenvalue weighted by Crippen LogP contribution is -2.36. The van der Waals surface area contributed by atoms with E-state index >= 15 is 0 Å². The molecule has 2 aromatic carbocycles. The van der Waals surface area contributed by atoms with Gasteiger partial charge in [-0.05, 0) is 77.1 Å². The standard InChI is InChI=1S/C27H28F4N6O8/c1-25(2,3)42-23(38)44-37(45-24(39)43-26(4,5)6)21-14-20(32-17-10-7-15(8-11-17)27(29,30)31)34-22(35-21)33-18-13-16(28)9-12-19(18)36(40)41/h7-14H,1-6H3,(H2,32,33,34,35). The Kier molecular flexibility index (Phi) is 9.89. The first kappa shape index (κ1) is 34.1. The number of ether oxygens (including phenoxy) is 2. The van der Waals surface area contributed by atoms with Gasteiger partial charge in [0.1, 0.15) is 28.5 Å². The zero-order valence-electron chi connectivity index (χ0n) is 24.7. The average molecular weight is 641 g/mol. The molecule has 0 aliphatic rings. The maximum atomic E-state index is 14.0. The zero-order valence-corrected chi connectivity index (χ0v) is 24.7. The fraction of sp³-hybridized carbons (Fsp3) is 0.333. The second kappa shape index (κ2) is 13.1. The van der Waals surface area contributed by atoms with Crippen LogP contribution in [0.4, 0.5) is 61.8 Å². The van der Waals surface area contributed by atoms with Crippen molar-refractivity contribution in [2.24, 2.45) is 0 Å². The number of carbonyl (C=O) groups excluding carboxylic acids is 2. The highest BCUT2D eigenvalue weighted by Crippen LogP contribution is 2.32. The zero-order chi connectivity index (χ0) is 33.7. The van der Waals surface area contributed by atoms with E-state index in [-0.39, 0.29) is 16.7 Å². The summed E-state index contributed by atoms with van der Waals surface area (Å²) in [6.45, 7) is 9.15. The van der Waals surface area contributed by atoms with Crippen molar-refractivity contribution in [3.05, 3.63) is 70.0 Å². The Labute approximate surface area is 253 Å². The third kappa shape index (κ3) is 10.7. The van der Waals surface area contributed by atoms with E-state index in [0.29, 0.717) is 0 Å². The molecule has 1 heterocycles. The van der Waals surface area contributed by atoms with Crippen LogP contribution in [0.1, 0.15) is 47.1 Å². The SMILES string of the molecule is CC(C)(C)OC(=O)ON(OC(=O)OC(C)(C)C)c1cc(Nc2ccc(C(F)(F)F)cc2)nc(Nc2cc(F)ccc2[N+](=O)[O-])n1. The number of hydrogen-bond donors (Lipinski definition) is 2. The normalized spacial score (nSPS) is 11.7. The highest BCUT2D eigenvalue weighted by atomic mass is 19.4. The largest absolute Gasteiger partial charge is 0.536 e. The molecule has 3 rings (SSSR count). The molecular formula is C27H28F4N6O8. The number of hydrogen-bond acceptors (Lipinski definition) is 13. The van der Waals surface area contributed by atoms with Crippen molar-refractivity contribution in [2.75, 3.05) is 15.9 Å². The summed E-state index contributed by atoms with van der Waals surface area (Å²) in [5.41, 5.74) is -3.93. The van der Waals surface area contributed by atoms with Crippen molar-refractivity contribution >= 4 is 47.0 Å². The molecule has 0 aliphatic heterocycles. The van der Waals surface area contributed by atoms with Gasteiger partial charge in [0.25, 0.3) is 5.69 Å². The van der Waals surface area contributed by atoms with Crippen LogP contribution < -0.4 is 15.9 Å². The summed E-state index contributed by atoms with van der Waals surface area (Å²) < 4.78 is 63.4. The molecule has 0 fully saturated rings. The fourth-order valence-electron chi connectivity index (χ4n) is 3.21. The van der Waals surface area contributed by atoms with Gasteiger partial charge in [-0.15, -0.1) is 0 Å². The minimum atomic E-state index is -4.60. The predicted octanol–water partition coefficient (Wildman–Crippen LogP) is 7.57. The van der Waals surface area contributed by atoms with Crippen LogP contribution in [0.2, 0.25) is 0 Å². The lowest BCUT2D eigenvalue weighted by Gasteiger charge is -2.25. The number of aromatic nitrogens is 2. The first-order valence-corrected chi connectivity index (χ1v) is 12.8. The van der Waals surface area contributed by atoms with Gasteiger partial charge in [-0.1, -0.05) is 0 Å². The summed E-state index contributed by atoms with van der Waals surface area (Å²) in [5.74, 6) is -2.10. The highest BCUT2D eigenvalue weighted by Gasteiger charge is 2.31. The van der Waals surface area contributed by atoms with E-state index in [9.17, 15) is 37.3 Å². The van der Waals surface area contributed by atoms with Gasteiger partial charge >= 0.3 is 18.5 Å². The van der Waals surface area contributed by atoms with Crippen molar-refractivity contribution in [3.63, 3.8) is 0 Å². The Morgan fingerprint density at radius 3 is 1.89 bits per heavy atom. The van der Waals surface area contributed by atoms with Gasteiger partial charge in [0.2, 0.25) is 11.8 Å². The Hall–Kier alpha value is -5.42. The number of halogens is 4. The molecule has 0 atom stereocenters. The van der Waals surface area contributed by atoms with Crippen LogP contribution in [-0.4, -0.2) is 38.4 Å². The minimum Gasteiger partial charge on any atom is -0.427 e. The van der Waals surface area contributed by atoms with Gasteiger partial charge in [-0.3, -0.25) is 19.8 Å². The maximum Gasteiger partial charge on any atom is 0.536 e. The number of nitrogens with one attached hydrogen (secondary N) is 2. The molecule has 0 radical (unpaired) electrons. The predicted molar refractivity (Wildman–Crippen MR) is 150 cm³/mol. The molecule has 14 nitrogen and oxygen atoms in total. The lowest BCUT2D eigenvalue weighted by atomic mass is 10.2. The van der Waals surface area contributed by atoms with E-state index in [4.69, 9.17) is 19.1 Å². The van der Waals surface area contributed by atoms with Crippen LogP contribution in [0.3, 0.4) is 0 Å². The summed E-state index contributed by atoms with van der Waals surface area (Å²) in [6, 6.07) is 7.31. The van der Waals surface area contributed by atoms with E-state index in [1.165, 1.54) is 41.5 Å². The first-order chi connectivity index (χ1) is 20.7. The van der Waals surface area contributed by atoms with Gasteiger partial charge in [-0.25, -0.2) is 14.0 Å². The Bertz CT molecular complexity index is 1530. The fourth-order valence-corrected chi connectivity index (χ4v) is 3.21. The van der Waals surface area contributed by atoms with Crippen molar-refractivity contribution in [3.8, 4) is 0 Å². The van der Waals surface area contributed by atoms with Crippen molar-refractivity contribution in [2.45, 2.75) is 58.9 Å². The molecule has 1 aromatic heterocycles. The van der Waals surface area contributed by atoms with E-state index in [1.807, 2.05) is 0 Å². The Balaban J connectivity index is 2.11. The molecule has 18 heteroatoms. The summed E-state index contributed by atoms with van der Waals surface area (Å²) in [5, 5.41) is 16.9. The van der Waals surface area contributed by atoms with Gasteiger partial charge in [0.05, 0.1) is 10.5 Å². The third-order valence-corrected chi connectivity index (χ3v) is 4.88. The highest BCUT2D eigenvalue weighted by molar-refractivity contribution is 5.70. The van der Waals surface area contributed by atoms with Gasteiger partial charge in [0.15, 0.2) is 0 Å². The second-order valence-corrected chi connectivity index (χ2v) is 11.0. The summed E-state index contributed by atoms with van der Waals surface area (Å²) in [6.07, 6.45) is -7.33. The average Bonchev–Trinajstić information content (AvgIpc) is 2.85. The number of rotatable bonds is 8. The van der Waals surface area contributed by atoms with Gasteiger partial charge in [0, 0.05) is 23.9 Å². The minimum absolute atomic E-state index is 0.0861. The third-order valence-electron chi connectivity index (χ3n) is 4.88. The summed E-state index contributed by atoms with van der Waals surface area (Å²) in [4.78, 5) is 54.1. The number of carbonyl (C=O) groups is 2. The number of alkyl halides is 3. The molecule has 0 amide bonds. The molecule has 45 heavy (non-hydrogen) atoms. The van der Waals surface area contributed by atoms with Crippen LogP contribution in [0.15, 0.2) is 48.5 Å². The molecular weight excluding hydrogens is 612 g/mol. The van der Waals surface area contributed by atoms with E-state index in [2.05, 4.69) is 20.6 Å². The smallest absolute Gasteiger partial charge is 0.427 e. The molecule has 3 aromatic rings. The molecule has 0 spiro atoms. The molecule has 0 aliphatic carbocycles. The molecule has 0 bridgehead atoms. The summed E-state index contributed by atoms with van der Waals surface area (Å²) in [7, 11) is 0. The van der Waals surface area contributed by atoms with Crippen LogP contribution in [-0.2, 0) is 25.3 Å². The number of nitrogens with zero attached hydrogens (tertiary/aromatic N) is 4. The second-order valence-electron chi connectivity index (χ2n) is 11.0. The maximum absolute atomic E-state index is 14.0. The monoisotopic (exact) mass is 640 g/mol. The Morgan fingerprint density at radius 1 is 0.844 bits per heavy atom. The lowest BCUT2D eigenvalue weighted by molar-refractivity contribution is -0.384. The van der Waals surface area contributed by atoms with E-state index < -0.39 is 69.1 Å². The van der Waals surface area contributed by atoms with E-state index in [0.717, 1.165) is 48.5 Å². The summed E-state index contributed by atoms with van der Waals surface area (Å²) >= 11 is 0. The topological polar surface area (TPSA) is 167 Å². The van der Waals surface area contributed by atoms with Crippen LogP contribution in [0.5, 0.6) is 0 Å². The molecule has 0 unspecified atom stereocenters.